The number of carbonyl (C=O) groups is 1. The van der Waals surface area contributed by atoms with Crippen molar-refractivity contribution in [2.24, 2.45) is 5.92 Å². The largest absolute Gasteiger partial charge is 0.458 e. The molecular weight excluding hydrogens is 284 g/mol. The average molecular weight is 306 g/mol. The lowest BCUT2D eigenvalue weighted by molar-refractivity contribution is -0.139. The van der Waals surface area contributed by atoms with Crippen LogP contribution in [0.3, 0.4) is 0 Å². The molecule has 2 nitrogen and oxygen atoms in total. The van der Waals surface area contributed by atoms with E-state index in [1.54, 1.807) is 0 Å². The van der Waals surface area contributed by atoms with Crippen molar-refractivity contribution in [2.75, 3.05) is 0 Å². The molecule has 0 saturated carbocycles. The quantitative estimate of drug-likeness (QED) is 0.586. The minimum Gasteiger partial charge on any atom is -0.458 e. The Labute approximate surface area is 137 Å². The van der Waals surface area contributed by atoms with Crippen molar-refractivity contribution in [1.82, 2.24) is 0 Å². The number of benzene rings is 2. The number of carbonyl (C=O) groups excluding carboxylic acids is 1. The molecule has 1 fully saturated rings. The van der Waals surface area contributed by atoms with Gasteiger partial charge in [-0.1, -0.05) is 67.2 Å². The van der Waals surface area contributed by atoms with Gasteiger partial charge >= 0.3 is 5.97 Å². The first kappa shape index (κ1) is 15.5. The second-order valence-corrected chi connectivity index (χ2v) is 6.12. The third-order valence-corrected chi connectivity index (χ3v) is 4.56. The summed E-state index contributed by atoms with van der Waals surface area (Å²) in [5, 5.41) is 0. The molecule has 3 rings (SSSR count). The molecule has 0 radical (unpaired) electrons. The van der Waals surface area contributed by atoms with Crippen LogP contribution in [0.5, 0.6) is 0 Å². The second kappa shape index (κ2) is 7.28. The predicted octanol–water partition coefficient (Wildman–Crippen LogP) is 4.35. The zero-order valence-electron chi connectivity index (χ0n) is 13.3. The highest BCUT2D eigenvalue weighted by Crippen LogP contribution is 2.33. The van der Waals surface area contributed by atoms with Crippen LogP contribution >= 0.6 is 0 Å². The topological polar surface area (TPSA) is 26.3 Å². The molecule has 1 aliphatic heterocycles. The maximum Gasteiger partial charge on any atom is 0.334 e. The first-order chi connectivity index (χ1) is 11.2. The number of aryl methyl sites for hydroxylation is 2. The third kappa shape index (κ3) is 3.89. The molecule has 23 heavy (non-hydrogen) atoms. The summed E-state index contributed by atoms with van der Waals surface area (Å²) in [4.78, 5) is 11.9. The van der Waals surface area contributed by atoms with E-state index >= 15 is 0 Å². The number of hydrogen-bond donors (Lipinski definition) is 0. The molecule has 0 N–H and O–H groups in total. The van der Waals surface area contributed by atoms with E-state index < -0.39 is 0 Å². The summed E-state index contributed by atoms with van der Waals surface area (Å²) in [6, 6.07) is 20.7. The van der Waals surface area contributed by atoms with E-state index in [4.69, 9.17) is 4.74 Å². The van der Waals surface area contributed by atoms with Crippen LogP contribution in [0.25, 0.3) is 0 Å². The summed E-state index contributed by atoms with van der Waals surface area (Å²) in [7, 11) is 0. The average Bonchev–Trinajstić information content (AvgIpc) is 2.87. The van der Waals surface area contributed by atoms with Crippen molar-refractivity contribution in [2.45, 2.75) is 31.8 Å². The number of esters is 1. The molecule has 0 aliphatic carbocycles. The second-order valence-electron chi connectivity index (χ2n) is 6.12. The predicted molar refractivity (Wildman–Crippen MR) is 92.0 cm³/mol. The standard InChI is InChI=1S/C21H22O2/c1-16-19(14-12-17-8-4-2-5-9-17)20(23-21(16)22)15-13-18-10-6-3-7-11-18/h2-11,19-20H,1,12-15H2/t19-,20-/m1/s1. The van der Waals surface area contributed by atoms with Gasteiger partial charge < -0.3 is 4.74 Å². The highest BCUT2D eigenvalue weighted by molar-refractivity contribution is 5.90. The van der Waals surface area contributed by atoms with Gasteiger partial charge in [-0.05, 0) is 36.8 Å². The first-order valence-corrected chi connectivity index (χ1v) is 8.21. The van der Waals surface area contributed by atoms with E-state index in [0.717, 1.165) is 25.7 Å². The first-order valence-electron chi connectivity index (χ1n) is 8.21. The van der Waals surface area contributed by atoms with Crippen molar-refractivity contribution >= 4 is 5.97 Å². The summed E-state index contributed by atoms with van der Waals surface area (Å²) >= 11 is 0. The third-order valence-electron chi connectivity index (χ3n) is 4.56. The zero-order valence-corrected chi connectivity index (χ0v) is 13.3. The Kier molecular flexibility index (Phi) is 4.92. The Balaban J connectivity index is 1.61. The maximum absolute atomic E-state index is 11.9. The van der Waals surface area contributed by atoms with Crippen LogP contribution in [0, 0.1) is 5.92 Å². The number of ether oxygens (including phenoxy) is 1. The van der Waals surface area contributed by atoms with E-state index in [0.29, 0.717) is 5.57 Å². The molecule has 0 unspecified atom stereocenters. The fraction of sp³-hybridized carbons (Fsp3) is 0.286. The fourth-order valence-electron chi connectivity index (χ4n) is 3.21. The van der Waals surface area contributed by atoms with Gasteiger partial charge in [-0.25, -0.2) is 4.79 Å². The summed E-state index contributed by atoms with van der Waals surface area (Å²) in [5.74, 6) is -0.0902. The molecular formula is C21H22O2. The van der Waals surface area contributed by atoms with Crippen molar-refractivity contribution < 1.29 is 9.53 Å². The van der Waals surface area contributed by atoms with Gasteiger partial charge in [0.25, 0.3) is 0 Å². The van der Waals surface area contributed by atoms with E-state index in [9.17, 15) is 4.79 Å². The Morgan fingerprint density at radius 1 is 0.826 bits per heavy atom. The Morgan fingerprint density at radius 2 is 1.35 bits per heavy atom. The van der Waals surface area contributed by atoms with E-state index in [-0.39, 0.29) is 18.0 Å². The number of rotatable bonds is 6. The highest BCUT2D eigenvalue weighted by Gasteiger charge is 2.37. The van der Waals surface area contributed by atoms with Crippen LogP contribution < -0.4 is 0 Å². The van der Waals surface area contributed by atoms with Gasteiger partial charge in [0.1, 0.15) is 6.10 Å². The van der Waals surface area contributed by atoms with Crippen LogP contribution in [0.15, 0.2) is 72.8 Å². The molecule has 2 heteroatoms. The molecule has 0 bridgehead atoms. The van der Waals surface area contributed by atoms with Crippen LogP contribution in [-0.2, 0) is 22.4 Å². The Morgan fingerprint density at radius 3 is 1.91 bits per heavy atom. The Hall–Kier alpha value is -2.35. The number of hydrogen-bond acceptors (Lipinski definition) is 2. The Bertz CT molecular complexity index is 661. The SMILES string of the molecule is C=C1C(=O)O[C@H](CCc2ccccc2)[C@@H]1CCc1ccccc1. The van der Waals surface area contributed by atoms with E-state index in [1.807, 2.05) is 36.4 Å². The summed E-state index contributed by atoms with van der Waals surface area (Å²) in [6.07, 6.45) is 3.60. The summed E-state index contributed by atoms with van der Waals surface area (Å²) in [6.45, 7) is 3.96. The molecule has 1 heterocycles. The normalized spacial score (nSPS) is 20.5. The summed E-state index contributed by atoms with van der Waals surface area (Å²) < 4.78 is 5.56. The van der Waals surface area contributed by atoms with Crippen molar-refractivity contribution in [3.05, 3.63) is 83.9 Å². The van der Waals surface area contributed by atoms with Crippen LogP contribution in [-0.4, -0.2) is 12.1 Å². The molecule has 2 aromatic carbocycles. The lowest BCUT2D eigenvalue weighted by Gasteiger charge is -2.17. The molecule has 0 spiro atoms. The van der Waals surface area contributed by atoms with Crippen LogP contribution in [0.4, 0.5) is 0 Å². The fourth-order valence-corrected chi connectivity index (χ4v) is 3.21. The minimum absolute atomic E-state index is 0.0427. The molecule has 1 saturated heterocycles. The van der Waals surface area contributed by atoms with Gasteiger partial charge in [0.2, 0.25) is 0 Å². The lowest BCUT2D eigenvalue weighted by atomic mass is 9.88. The van der Waals surface area contributed by atoms with Crippen LogP contribution in [0.2, 0.25) is 0 Å². The molecule has 2 aromatic rings. The van der Waals surface area contributed by atoms with Gasteiger partial charge in [-0.15, -0.1) is 0 Å². The van der Waals surface area contributed by atoms with Crippen molar-refractivity contribution in [3.8, 4) is 0 Å². The number of cyclic esters (lactones) is 1. The van der Waals surface area contributed by atoms with Crippen molar-refractivity contribution in [3.63, 3.8) is 0 Å². The maximum atomic E-state index is 11.9. The monoisotopic (exact) mass is 306 g/mol. The van der Waals surface area contributed by atoms with Gasteiger partial charge in [0, 0.05) is 11.5 Å². The van der Waals surface area contributed by atoms with Gasteiger partial charge in [-0.2, -0.15) is 0 Å². The van der Waals surface area contributed by atoms with Crippen molar-refractivity contribution in [1.29, 1.82) is 0 Å². The highest BCUT2D eigenvalue weighted by atomic mass is 16.6. The van der Waals surface area contributed by atoms with E-state index in [1.165, 1.54) is 11.1 Å². The molecule has 1 aliphatic rings. The lowest BCUT2D eigenvalue weighted by Crippen LogP contribution is -2.18. The molecule has 0 amide bonds. The van der Waals surface area contributed by atoms with Crippen LogP contribution in [0.1, 0.15) is 24.0 Å². The van der Waals surface area contributed by atoms with Gasteiger partial charge in [0.05, 0.1) is 0 Å². The van der Waals surface area contributed by atoms with Gasteiger partial charge in [0.15, 0.2) is 0 Å². The minimum atomic E-state index is -0.221. The molecule has 0 aromatic heterocycles. The molecule has 2 atom stereocenters. The molecule has 118 valence electrons. The summed E-state index contributed by atoms with van der Waals surface area (Å²) in [5.41, 5.74) is 3.21. The zero-order chi connectivity index (χ0) is 16.1. The van der Waals surface area contributed by atoms with E-state index in [2.05, 4.69) is 30.8 Å². The van der Waals surface area contributed by atoms with Gasteiger partial charge in [-0.3, -0.25) is 0 Å². The smallest absolute Gasteiger partial charge is 0.334 e.